The van der Waals surface area contributed by atoms with E-state index in [2.05, 4.69) is 20.7 Å². The van der Waals surface area contributed by atoms with E-state index in [4.69, 9.17) is 5.11 Å². The van der Waals surface area contributed by atoms with Gasteiger partial charge < -0.3 is 5.11 Å². The molecule has 1 aromatic rings. The molecule has 7 nitrogen and oxygen atoms in total. The molecule has 0 aliphatic carbocycles. The summed E-state index contributed by atoms with van der Waals surface area (Å²) >= 11 is 3.06. The molecule has 18 heavy (non-hydrogen) atoms. The number of rotatable bonds is 5. The maximum Gasteiger partial charge on any atom is 0.289 e. The average molecular weight is 339 g/mol. The minimum atomic E-state index is -4.05. The second-order valence-corrected chi connectivity index (χ2v) is 6.17. The van der Waals surface area contributed by atoms with Gasteiger partial charge >= 0.3 is 0 Å². The van der Waals surface area contributed by atoms with E-state index in [0.717, 1.165) is 12.1 Å². The van der Waals surface area contributed by atoms with Gasteiger partial charge in [0.25, 0.3) is 5.69 Å². The van der Waals surface area contributed by atoms with Crippen molar-refractivity contribution in [3.05, 3.63) is 32.8 Å². The van der Waals surface area contributed by atoms with Crippen LogP contribution >= 0.6 is 15.9 Å². The monoisotopic (exact) mass is 338 g/mol. The molecule has 0 aliphatic rings. The quantitative estimate of drug-likeness (QED) is 0.615. The van der Waals surface area contributed by atoms with Gasteiger partial charge in [-0.25, -0.2) is 13.1 Å². The number of nitro groups is 1. The zero-order valence-electron chi connectivity index (χ0n) is 9.33. The summed E-state index contributed by atoms with van der Waals surface area (Å²) in [5.74, 6) is 0. The summed E-state index contributed by atoms with van der Waals surface area (Å²) in [6.45, 7) is 1.04. The zero-order chi connectivity index (χ0) is 13.9. The van der Waals surface area contributed by atoms with E-state index in [1.54, 1.807) is 0 Å². The van der Waals surface area contributed by atoms with Crippen molar-refractivity contribution >= 4 is 31.6 Å². The van der Waals surface area contributed by atoms with Gasteiger partial charge in [0, 0.05) is 16.6 Å². The first-order chi connectivity index (χ1) is 8.27. The van der Waals surface area contributed by atoms with Gasteiger partial charge in [-0.3, -0.25) is 10.1 Å². The Morgan fingerprint density at radius 3 is 2.67 bits per heavy atom. The van der Waals surface area contributed by atoms with Gasteiger partial charge in [0.2, 0.25) is 10.0 Å². The van der Waals surface area contributed by atoms with E-state index in [-0.39, 0.29) is 0 Å². The van der Waals surface area contributed by atoms with Crippen LogP contribution in [-0.4, -0.2) is 31.1 Å². The molecule has 0 spiro atoms. The normalized spacial score (nSPS) is 13.3. The van der Waals surface area contributed by atoms with E-state index >= 15 is 0 Å². The molecule has 0 radical (unpaired) electrons. The number of hydrogen-bond acceptors (Lipinski definition) is 5. The van der Waals surface area contributed by atoms with Crippen molar-refractivity contribution in [1.82, 2.24) is 4.72 Å². The Hall–Kier alpha value is -1.03. The van der Waals surface area contributed by atoms with Crippen LogP contribution in [0.15, 0.2) is 27.6 Å². The average Bonchev–Trinajstić information content (AvgIpc) is 2.27. The molecular weight excluding hydrogens is 328 g/mol. The Morgan fingerprint density at radius 2 is 2.17 bits per heavy atom. The SMILES string of the molecule is C[C@H](CO)NS(=O)(=O)c1cc(Br)ccc1[N+](=O)[O-]. The zero-order valence-corrected chi connectivity index (χ0v) is 11.7. The minimum Gasteiger partial charge on any atom is -0.395 e. The third kappa shape index (κ3) is 3.48. The highest BCUT2D eigenvalue weighted by molar-refractivity contribution is 9.10. The van der Waals surface area contributed by atoms with Crippen molar-refractivity contribution in [2.24, 2.45) is 0 Å². The van der Waals surface area contributed by atoms with Crippen LogP contribution in [0.4, 0.5) is 5.69 Å². The Bertz CT molecular complexity index is 560. The predicted molar refractivity (Wildman–Crippen MR) is 67.7 cm³/mol. The molecule has 0 aliphatic heterocycles. The van der Waals surface area contributed by atoms with E-state index in [9.17, 15) is 18.5 Å². The molecule has 2 N–H and O–H groups in total. The summed E-state index contributed by atoms with van der Waals surface area (Å²) in [6.07, 6.45) is 0. The number of hydrogen-bond donors (Lipinski definition) is 2. The van der Waals surface area contributed by atoms with E-state index in [0.29, 0.717) is 4.47 Å². The van der Waals surface area contributed by atoms with Gasteiger partial charge in [-0.05, 0) is 19.1 Å². The van der Waals surface area contributed by atoms with Crippen molar-refractivity contribution in [1.29, 1.82) is 0 Å². The Kier molecular flexibility index (Phi) is 4.79. The van der Waals surface area contributed by atoms with Crippen LogP contribution in [0.25, 0.3) is 0 Å². The van der Waals surface area contributed by atoms with Crippen molar-refractivity contribution in [2.45, 2.75) is 17.9 Å². The third-order valence-electron chi connectivity index (χ3n) is 2.04. The number of halogens is 1. The molecule has 0 amide bonds. The first kappa shape index (κ1) is 15.0. The van der Waals surface area contributed by atoms with Crippen LogP contribution in [-0.2, 0) is 10.0 Å². The number of nitrogens with zero attached hydrogens (tertiary/aromatic N) is 1. The van der Waals surface area contributed by atoms with Crippen LogP contribution in [0.1, 0.15) is 6.92 Å². The molecule has 0 bridgehead atoms. The van der Waals surface area contributed by atoms with Crippen LogP contribution in [0.5, 0.6) is 0 Å². The smallest absolute Gasteiger partial charge is 0.289 e. The predicted octanol–water partition coefficient (Wildman–Crippen LogP) is 1.02. The standard InChI is InChI=1S/C9H11BrN2O5S/c1-6(5-13)11-18(16,17)9-4-7(10)2-3-8(9)12(14)15/h2-4,6,11,13H,5H2,1H3/t6-/m1/s1. The van der Waals surface area contributed by atoms with Crippen molar-refractivity contribution < 1.29 is 18.4 Å². The van der Waals surface area contributed by atoms with Gasteiger partial charge in [-0.1, -0.05) is 15.9 Å². The first-order valence-electron chi connectivity index (χ1n) is 4.85. The van der Waals surface area contributed by atoms with Gasteiger partial charge in [0.15, 0.2) is 4.90 Å². The summed E-state index contributed by atoms with van der Waals surface area (Å²) in [4.78, 5) is 9.57. The first-order valence-corrected chi connectivity index (χ1v) is 7.12. The van der Waals surface area contributed by atoms with E-state index in [1.165, 1.54) is 13.0 Å². The van der Waals surface area contributed by atoms with Gasteiger partial charge in [0.05, 0.1) is 11.5 Å². The summed E-state index contributed by atoms with van der Waals surface area (Å²) in [5, 5.41) is 19.6. The van der Waals surface area contributed by atoms with Gasteiger partial charge in [-0.15, -0.1) is 0 Å². The molecule has 0 fully saturated rings. The summed E-state index contributed by atoms with van der Waals surface area (Å²) in [7, 11) is -4.05. The molecule has 0 saturated heterocycles. The summed E-state index contributed by atoms with van der Waals surface area (Å²) in [6, 6.07) is 2.90. The van der Waals surface area contributed by atoms with Crippen LogP contribution in [0, 0.1) is 10.1 Å². The number of benzene rings is 1. The number of nitro benzene ring substituents is 1. The highest BCUT2D eigenvalue weighted by Gasteiger charge is 2.27. The lowest BCUT2D eigenvalue weighted by molar-refractivity contribution is -0.387. The fourth-order valence-electron chi connectivity index (χ4n) is 1.22. The molecule has 9 heteroatoms. The highest BCUT2D eigenvalue weighted by atomic mass is 79.9. The largest absolute Gasteiger partial charge is 0.395 e. The van der Waals surface area contributed by atoms with Gasteiger partial charge in [-0.2, -0.15) is 0 Å². The fourth-order valence-corrected chi connectivity index (χ4v) is 3.16. The number of aliphatic hydroxyl groups is 1. The second-order valence-electron chi connectivity index (χ2n) is 3.57. The van der Waals surface area contributed by atoms with Gasteiger partial charge in [0.1, 0.15) is 0 Å². The fraction of sp³-hybridized carbons (Fsp3) is 0.333. The second kappa shape index (κ2) is 5.74. The minimum absolute atomic E-state index is 0.402. The van der Waals surface area contributed by atoms with Crippen molar-refractivity contribution in [3.8, 4) is 0 Å². The lowest BCUT2D eigenvalue weighted by Gasteiger charge is -2.11. The molecule has 0 aromatic heterocycles. The molecule has 1 aromatic carbocycles. The number of aliphatic hydroxyl groups excluding tert-OH is 1. The maximum absolute atomic E-state index is 11.9. The molecular formula is C9H11BrN2O5S. The summed E-state index contributed by atoms with van der Waals surface area (Å²) < 4.78 is 26.4. The lowest BCUT2D eigenvalue weighted by Crippen LogP contribution is -2.35. The molecule has 100 valence electrons. The van der Waals surface area contributed by atoms with Crippen LogP contribution in [0.2, 0.25) is 0 Å². The Balaban J connectivity index is 3.30. The van der Waals surface area contributed by atoms with Crippen molar-refractivity contribution in [2.75, 3.05) is 6.61 Å². The van der Waals surface area contributed by atoms with E-state index < -0.39 is 38.2 Å². The topological polar surface area (TPSA) is 110 Å². The maximum atomic E-state index is 11.9. The molecule has 0 saturated carbocycles. The lowest BCUT2D eigenvalue weighted by atomic mass is 10.3. The highest BCUT2D eigenvalue weighted by Crippen LogP contribution is 2.27. The third-order valence-corrected chi connectivity index (χ3v) is 4.15. The van der Waals surface area contributed by atoms with Crippen molar-refractivity contribution in [3.63, 3.8) is 0 Å². The molecule has 0 heterocycles. The summed E-state index contributed by atoms with van der Waals surface area (Å²) in [5.41, 5.74) is -0.518. The molecule has 1 atom stereocenters. The Labute approximate surface area is 112 Å². The molecule has 1 rings (SSSR count). The molecule has 0 unspecified atom stereocenters. The Morgan fingerprint density at radius 1 is 1.56 bits per heavy atom. The van der Waals surface area contributed by atoms with E-state index in [1.807, 2.05) is 0 Å². The van der Waals surface area contributed by atoms with Crippen LogP contribution < -0.4 is 4.72 Å². The number of nitrogens with one attached hydrogen (secondary N) is 1. The van der Waals surface area contributed by atoms with Crippen LogP contribution in [0.3, 0.4) is 0 Å². The number of sulfonamides is 1.